The Labute approximate surface area is 150 Å². The van der Waals surface area contributed by atoms with Crippen LogP contribution in [0.5, 0.6) is 5.75 Å². The van der Waals surface area contributed by atoms with Crippen LogP contribution in [0.4, 0.5) is 0 Å². The largest absolute Gasteiger partial charge is 0.491 e. The molecule has 0 aromatic heterocycles. The molecule has 1 fully saturated rings. The van der Waals surface area contributed by atoms with Crippen LogP contribution in [0, 0.1) is 0 Å². The summed E-state index contributed by atoms with van der Waals surface area (Å²) in [6.45, 7) is 9.29. The Kier molecular flexibility index (Phi) is 7.47. The summed E-state index contributed by atoms with van der Waals surface area (Å²) in [5.41, 5.74) is 0.955. The van der Waals surface area contributed by atoms with E-state index in [1.54, 1.807) is 6.08 Å². The van der Waals surface area contributed by atoms with Crippen LogP contribution in [-0.4, -0.2) is 65.7 Å². The number of aliphatic hydroxyl groups excluding tert-OH is 1. The Hall–Kier alpha value is -1.85. The van der Waals surface area contributed by atoms with Gasteiger partial charge in [0.2, 0.25) is 5.91 Å². The van der Waals surface area contributed by atoms with Crippen LogP contribution >= 0.6 is 0 Å². The predicted molar refractivity (Wildman–Crippen MR) is 101 cm³/mol. The summed E-state index contributed by atoms with van der Waals surface area (Å²) < 4.78 is 5.68. The molecule has 5 heteroatoms. The van der Waals surface area contributed by atoms with Gasteiger partial charge >= 0.3 is 0 Å². The van der Waals surface area contributed by atoms with Gasteiger partial charge in [-0.1, -0.05) is 19.1 Å². The molecule has 1 aromatic carbocycles. The minimum atomic E-state index is 0.0341. The van der Waals surface area contributed by atoms with Crippen molar-refractivity contribution in [2.45, 2.75) is 39.3 Å². The van der Waals surface area contributed by atoms with Crippen molar-refractivity contribution < 1.29 is 14.6 Å². The van der Waals surface area contributed by atoms with Crippen molar-refractivity contribution in [2.75, 3.05) is 32.8 Å². The minimum Gasteiger partial charge on any atom is -0.491 e. The lowest BCUT2D eigenvalue weighted by Crippen LogP contribution is -2.52. The van der Waals surface area contributed by atoms with Crippen LogP contribution < -0.4 is 4.74 Å². The molecule has 0 spiro atoms. The topological polar surface area (TPSA) is 53.0 Å². The summed E-state index contributed by atoms with van der Waals surface area (Å²) in [6, 6.07) is 7.96. The molecule has 0 radical (unpaired) electrons. The molecule has 1 saturated heterocycles. The molecule has 1 aromatic rings. The fraction of sp³-hybridized carbons (Fsp3) is 0.550. The van der Waals surface area contributed by atoms with Gasteiger partial charge < -0.3 is 14.7 Å². The van der Waals surface area contributed by atoms with E-state index in [0.717, 1.165) is 30.8 Å². The molecule has 2 rings (SSSR count). The lowest BCUT2D eigenvalue weighted by atomic mass is 10.1. The second-order valence-electron chi connectivity index (χ2n) is 6.68. The zero-order valence-electron chi connectivity index (χ0n) is 15.5. The number of hydrogen-bond acceptors (Lipinski definition) is 4. The average molecular weight is 346 g/mol. The number of nitrogens with zero attached hydrogens (tertiary/aromatic N) is 2. The molecule has 1 aliphatic rings. The zero-order valence-corrected chi connectivity index (χ0v) is 15.5. The van der Waals surface area contributed by atoms with Crippen LogP contribution in [0.15, 0.2) is 30.3 Å². The number of benzene rings is 1. The molecular weight excluding hydrogens is 316 g/mol. The SMILES string of the molecule is CCC(CO)N1CCN(C(=O)/C=C/c2cccc(OC(C)C)c2)CC1. The van der Waals surface area contributed by atoms with Crippen LogP contribution in [0.3, 0.4) is 0 Å². The number of carbonyl (C=O) groups excluding carboxylic acids is 1. The molecule has 1 amide bonds. The van der Waals surface area contributed by atoms with Crippen LogP contribution in [-0.2, 0) is 4.79 Å². The summed E-state index contributed by atoms with van der Waals surface area (Å²) >= 11 is 0. The van der Waals surface area contributed by atoms with Crippen molar-refractivity contribution in [2.24, 2.45) is 0 Å². The summed E-state index contributed by atoms with van der Waals surface area (Å²) in [5.74, 6) is 0.847. The van der Waals surface area contributed by atoms with Gasteiger partial charge in [-0.05, 0) is 44.0 Å². The van der Waals surface area contributed by atoms with E-state index in [1.165, 1.54) is 0 Å². The smallest absolute Gasteiger partial charge is 0.246 e. The number of hydrogen-bond donors (Lipinski definition) is 1. The normalized spacial score (nSPS) is 17.2. The number of carbonyl (C=O) groups is 1. The number of ether oxygens (including phenoxy) is 1. The van der Waals surface area contributed by atoms with Gasteiger partial charge in [0.15, 0.2) is 0 Å². The van der Waals surface area contributed by atoms with Crippen LogP contribution in [0.25, 0.3) is 6.08 Å². The van der Waals surface area contributed by atoms with E-state index >= 15 is 0 Å². The highest BCUT2D eigenvalue weighted by molar-refractivity contribution is 5.91. The van der Waals surface area contributed by atoms with Crippen molar-refractivity contribution in [3.05, 3.63) is 35.9 Å². The quantitative estimate of drug-likeness (QED) is 0.771. The Morgan fingerprint density at radius 2 is 2.00 bits per heavy atom. The first-order valence-electron chi connectivity index (χ1n) is 9.12. The first-order valence-corrected chi connectivity index (χ1v) is 9.12. The Morgan fingerprint density at radius 1 is 1.28 bits per heavy atom. The number of amides is 1. The van der Waals surface area contributed by atoms with Gasteiger partial charge in [0, 0.05) is 38.3 Å². The third-order valence-electron chi connectivity index (χ3n) is 4.47. The summed E-state index contributed by atoms with van der Waals surface area (Å²) in [5, 5.41) is 9.40. The maximum atomic E-state index is 12.4. The first-order chi connectivity index (χ1) is 12.0. The Bertz CT molecular complexity index is 574. The summed E-state index contributed by atoms with van der Waals surface area (Å²) in [6.07, 6.45) is 4.53. The van der Waals surface area contributed by atoms with Crippen molar-refractivity contribution in [1.82, 2.24) is 9.80 Å². The highest BCUT2D eigenvalue weighted by atomic mass is 16.5. The highest BCUT2D eigenvalue weighted by Gasteiger charge is 2.23. The average Bonchev–Trinajstić information content (AvgIpc) is 2.61. The lowest BCUT2D eigenvalue weighted by Gasteiger charge is -2.38. The molecule has 1 aliphatic heterocycles. The van der Waals surface area contributed by atoms with E-state index in [4.69, 9.17) is 4.74 Å². The Balaban J connectivity index is 1.89. The summed E-state index contributed by atoms with van der Waals surface area (Å²) in [4.78, 5) is 16.5. The van der Waals surface area contributed by atoms with Gasteiger partial charge in [0.25, 0.3) is 0 Å². The number of rotatable bonds is 7. The van der Waals surface area contributed by atoms with Crippen molar-refractivity contribution in [3.8, 4) is 5.75 Å². The second kappa shape index (κ2) is 9.59. The fourth-order valence-corrected chi connectivity index (χ4v) is 3.05. The third-order valence-corrected chi connectivity index (χ3v) is 4.47. The zero-order chi connectivity index (χ0) is 18.2. The maximum Gasteiger partial charge on any atom is 0.246 e. The van der Waals surface area contributed by atoms with E-state index in [0.29, 0.717) is 13.1 Å². The van der Waals surface area contributed by atoms with Crippen molar-refractivity contribution in [1.29, 1.82) is 0 Å². The molecule has 1 heterocycles. The monoisotopic (exact) mass is 346 g/mol. The molecule has 0 saturated carbocycles. The molecule has 1 unspecified atom stereocenters. The molecule has 25 heavy (non-hydrogen) atoms. The van der Waals surface area contributed by atoms with E-state index in [-0.39, 0.29) is 24.7 Å². The molecular formula is C20H30N2O3. The summed E-state index contributed by atoms with van der Waals surface area (Å²) in [7, 11) is 0. The Morgan fingerprint density at radius 3 is 2.60 bits per heavy atom. The van der Waals surface area contributed by atoms with E-state index < -0.39 is 0 Å². The van der Waals surface area contributed by atoms with Crippen LogP contribution in [0.2, 0.25) is 0 Å². The van der Waals surface area contributed by atoms with E-state index in [2.05, 4.69) is 11.8 Å². The van der Waals surface area contributed by atoms with Gasteiger partial charge in [-0.15, -0.1) is 0 Å². The van der Waals surface area contributed by atoms with Gasteiger partial charge in [0.1, 0.15) is 5.75 Å². The fourth-order valence-electron chi connectivity index (χ4n) is 3.05. The number of aliphatic hydroxyl groups is 1. The van der Waals surface area contributed by atoms with Gasteiger partial charge in [0.05, 0.1) is 12.7 Å². The molecule has 138 valence electrons. The van der Waals surface area contributed by atoms with Gasteiger partial charge in [-0.3, -0.25) is 9.69 Å². The van der Waals surface area contributed by atoms with Crippen molar-refractivity contribution >= 4 is 12.0 Å². The maximum absolute atomic E-state index is 12.4. The number of piperazine rings is 1. The molecule has 1 N–H and O–H groups in total. The highest BCUT2D eigenvalue weighted by Crippen LogP contribution is 2.16. The minimum absolute atomic E-state index is 0.0341. The van der Waals surface area contributed by atoms with E-state index in [1.807, 2.05) is 49.1 Å². The molecule has 0 aliphatic carbocycles. The van der Waals surface area contributed by atoms with E-state index in [9.17, 15) is 9.90 Å². The molecule has 0 bridgehead atoms. The first kappa shape index (κ1) is 19.5. The van der Waals surface area contributed by atoms with Gasteiger partial charge in [-0.2, -0.15) is 0 Å². The molecule has 5 nitrogen and oxygen atoms in total. The van der Waals surface area contributed by atoms with Crippen molar-refractivity contribution in [3.63, 3.8) is 0 Å². The third kappa shape index (κ3) is 5.87. The predicted octanol–water partition coefficient (Wildman–Crippen LogP) is 2.40. The lowest BCUT2D eigenvalue weighted by molar-refractivity contribution is -0.128. The van der Waals surface area contributed by atoms with Gasteiger partial charge in [-0.25, -0.2) is 0 Å². The van der Waals surface area contributed by atoms with Crippen LogP contribution in [0.1, 0.15) is 32.8 Å². The second-order valence-corrected chi connectivity index (χ2v) is 6.68. The standard InChI is InChI=1S/C20H30N2O3/c1-4-18(15-23)21-10-12-22(13-11-21)20(24)9-8-17-6-5-7-19(14-17)25-16(2)3/h5-9,14,16,18,23H,4,10-13,15H2,1-3H3/b9-8+. The molecule has 1 atom stereocenters.